The van der Waals surface area contributed by atoms with Crippen molar-refractivity contribution in [3.05, 3.63) is 34.4 Å². The van der Waals surface area contributed by atoms with Gasteiger partial charge in [0.25, 0.3) is 0 Å². The van der Waals surface area contributed by atoms with Crippen LogP contribution >= 0.6 is 11.3 Å². The molecule has 7 heteroatoms. The van der Waals surface area contributed by atoms with Crippen molar-refractivity contribution in [3.8, 4) is 5.75 Å². The van der Waals surface area contributed by atoms with Gasteiger partial charge in [-0.05, 0) is 19.1 Å². The fraction of sp³-hybridized carbons (Fsp3) is 0.333. The van der Waals surface area contributed by atoms with Crippen LogP contribution in [0.5, 0.6) is 5.75 Å². The zero-order valence-electron chi connectivity index (χ0n) is 10.5. The van der Waals surface area contributed by atoms with E-state index in [0.717, 1.165) is 10.7 Å². The number of pyridine rings is 1. The second-order valence-corrected chi connectivity index (χ2v) is 4.91. The van der Waals surface area contributed by atoms with Gasteiger partial charge < -0.3 is 9.64 Å². The Kier molecular flexibility index (Phi) is 4.26. The zero-order valence-corrected chi connectivity index (χ0v) is 11.3. The average molecular weight is 285 g/mol. The molecular formula is C12H13F2N3OS. The van der Waals surface area contributed by atoms with Gasteiger partial charge in [-0.25, -0.2) is 9.97 Å². The summed E-state index contributed by atoms with van der Waals surface area (Å²) in [5.41, 5.74) is 0.988. The fourth-order valence-electron chi connectivity index (χ4n) is 1.53. The van der Waals surface area contributed by atoms with Crippen LogP contribution in [0.15, 0.2) is 23.7 Å². The van der Waals surface area contributed by atoms with Gasteiger partial charge in [-0.3, -0.25) is 0 Å². The van der Waals surface area contributed by atoms with Crippen molar-refractivity contribution in [2.75, 3.05) is 11.9 Å². The molecule has 2 aromatic heterocycles. The Morgan fingerprint density at radius 2 is 2.21 bits per heavy atom. The molecule has 0 unspecified atom stereocenters. The lowest BCUT2D eigenvalue weighted by Crippen LogP contribution is -2.17. The van der Waals surface area contributed by atoms with Crippen LogP contribution in [0.3, 0.4) is 0 Å². The third-order valence-corrected chi connectivity index (χ3v) is 3.33. The molecule has 0 fully saturated rings. The molecule has 2 aromatic rings. The van der Waals surface area contributed by atoms with E-state index in [-0.39, 0.29) is 5.75 Å². The summed E-state index contributed by atoms with van der Waals surface area (Å²) in [4.78, 5) is 10.3. The largest absolute Gasteiger partial charge is 0.433 e. The smallest absolute Gasteiger partial charge is 0.387 e. The summed E-state index contributed by atoms with van der Waals surface area (Å²) in [6, 6.07) is 3.11. The van der Waals surface area contributed by atoms with Crippen molar-refractivity contribution >= 4 is 17.2 Å². The monoisotopic (exact) mass is 285 g/mol. The van der Waals surface area contributed by atoms with Gasteiger partial charge in [-0.2, -0.15) is 8.78 Å². The zero-order chi connectivity index (χ0) is 13.8. The lowest BCUT2D eigenvalue weighted by atomic mass is 10.4. The molecule has 0 spiro atoms. The second kappa shape index (κ2) is 5.92. The molecule has 0 aliphatic heterocycles. The van der Waals surface area contributed by atoms with Crippen molar-refractivity contribution in [2.45, 2.75) is 20.1 Å². The summed E-state index contributed by atoms with van der Waals surface area (Å²) in [7, 11) is 1.87. The summed E-state index contributed by atoms with van der Waals surface area (Å²) < 4.78 is 28.3. The molecule has 0 bridgehead atoms. The van der Waals surface area contributed by atoms with Crippen LogP contribution in [0.25, 0.3) is 0 Å². The standard InChI is InChI=1S/C12H13F2N3OS/c1-8-7-19-11(16-8)6-17(2)10-4-3-9(5-15-10)18-12(13)14/h3-5,7,12H,6H2,1-2H3. The van der Waals surface area contributed by atoms with E-state index >= 15 is 0 Å². The number of hydrogen-bond donors (Lipinski definition) is 0. The van der Waals surface area contributed by atoms with Crippen molar-refractivity contribution in [1.82, 2.24) is 9.97 Å². The van der Waals surface area contributed by atoms with Gasteiger partial charge in [0.1, 0.15) is 16.6 Å². The first-order chi connectivity index (χ1) is 9.04. The lowest BCUT2D eigenvalue weighted by molar-refractivity contribution is -0.0500. The molecule has 2 rings (SSSR count). The third kappa shape index (κ3) is 3.85. The van der Waals surface area contributed by atoms with Gasteiger partial charge in [0.15, 0.2) is 0 Å². The van der Waals surface area contributed by atoms with E-state index in [9.17, 15) is 8.78 Å². The van der Waals surface area contributed by atoms with Gasteiger partial charge in [0, 0.05) is 18.1 Å². The first-order valence-electron chi connectivity index (χ1n) is 5.57. The van der Waals surface area contributed by atoms with Crippen LogP contribution in [0, 0.1) is 6.92 Å². The minimum absolute atomic E-state index is 0.0530. The maximum Gasteiger partial charge on any atom is 0.387 e. The number of alkyl halides is 2. The SMILES string of the molecule is Cc1csc(CN(C)c2ccc(OC(F)F)cn2)n1. The fourth-order valence-corrected chi connectivity index (χ4v) is 2.35. The van der Waals surface area contributed by atoms with Crippen molar-refractivity contribution in [2.24, 2.45) is 0 Å². The highest BCUT2D eigenvalue weighted by molar-refractivity contribution is 7.09. The molecule has 0 amide bonds. The molecule has 0 aliphatic rings. The minimum Gasteiger partial charge on any atom is -0.433 e. The predicted octanol–water partition coefficient (Wildman–Crippen LogP) is 3.08. The number of nitrogens with zero attached hydrogens (tertiary/aromatic N) is 3. The van der Waals surface area contributed by atoms with E-state index in [4.69, 9.17) is 0 Å². The Labute approximate surface area is 113 Å². The number of thiazole rings is 1. The van der Waals surface area contributed by atoms with E-state index in [1.165, 1.54) is 12.3 Å². The number of ether oxygens (including phenoxy) is 1. The van der Waals surface area contributed by atoms with Gasteiger partial charge in [0.2, 0.25) is 0 Å². The Hall–Kier alpha value is -1.76. The first kappa shape index (κ1) is 13.7. The van der Waals surface area contributed by atoms with Gasteiger partial charge in [0.05, 0.1) is 12.7 Å². The van der Waals surface area contributed by atoms with E-state index in [2.05, 4.69) is 14.7 Å². The Bertz CT molecular complexity index is 530. The Morgan fingerprint density at radius 1 is 1.42 bits per heavy atom. The molecule has 0 aliphatic carbocycles. The Morgan fingerprint density at radius 3 is 2.74 bits per heavy atom. The van der Waals surface area contributed by atoms with Gasteiger partial charge in [-0.15, -0.1) is 11.3 Å². The molecule has 102 valence electrons. The number of rotatable bonds is 5. The number of aromatic nitrogens is 2. The average Bonchev–Trinajstić information content (AvgIpc) is 2.75. The van der Waals surface area contributed by atoms with Gasteiger partial charge in [-0.1, -0.05) is 0 Å². The van der Waals surface area contributed by atoms with Crippen molar-refractivity contribution < 1.29 is 13.5 Å². The van der Waals surface area contributed by atoms with Crippen LogP contribution in [0.4, 0.5) is 14.6 Å². The van der Waals surface area contributed by atoms with Crippen LogP contribution < -0.4 is 9.64 Å². The van der Waals surface area contributed by atoms with E-state index in [1.807, 2.05) is 24.3 Å². The van der Waals surface area contributed by atoms with Crippen LogP contribution in [-0.4, -0.2) is 23.6 Å². The summed E-state index contributed by atoms with van der Waals surface area (Å²) in [5.74, 6) is 0.728. The summed E-state index contributed by atoms with van der Waals surface area (Å²) >= 11 is 1.58. The third-order valence-electron chi connectivity index (χ3n) is 2.38. The van der Waals surface area contributed by atoms with E-state index in [1.54, 1.807) is 17.4 Å². The normalized spacial score (nSPS) is 10.8. The number of anilines is 1. The molecule has 19 heavy (non-hydrogen) atoms. The minimum atomic E-state index is -2.83. The molecule has 0 aromatic carbocycles. The second-order valence-electron chi connectivity index (χ2n) is 3.97. The summed E-state index contributed by atoms with van der Waals surface area (Å²) in [6.45, 7) is -0.265. The molecule has 0 saturated carbocycles. The highest BCUT2D eigenvalue weighted by Crippen LogP contribution is 2.19. The summed E-state index contributed by atoms with van der Waals surface area (Å²) in [6.07, 6.45) is 1.28. The molecule has 0 N–H and O–H groups in total. The number of hydrogen-bond acceptors (Lipinski definition) is 5. The number of aryl methyl sites for hydroxylation is 1. The van der Waals surface area contributed by atoms with Crippen molar-refractivity contribution in [1.29, 1.82) is 0 Å². The van der Waals surface area contributed by atoms with Crippen LogP contribution in [0.1, 0.15) is 10.7 Å². The molecule has 0 radical (unpaired) electrons. The predicted molar refractivity (Wildman–Crippen MR) is 69.8 cm³/mol. The van der Waals surface area contributed by atoms with Gasteiger partial charge >= 0.3 is 6.61 Å². The Balaban J connectivity index is 2.01. The van der Waals surface area contributed by atoms with E-state index < -0.39 is 6.61 Å². The lowest BCUT2D eigenvalue weighted by Gasteiger charge is -2.16. The first-order valence-corrected chi connectivity index (χ1v) is 6.45. The topological polar surface area (TPSA) is 38.2 Å². The summed E-state index contributed by atoms with van der Waals surface area (Å²) in [5, 5.41) is 2.96. The maximum absolute atomic E-state index is 12.0. The number of halogens is 2. The molecular weight excluding hydrogens is 272 g/mol. The maximum atomic E-state index is 12.0. The van der Waals surface area contributed by atoms with Crippen LogP contribution in [-0.2, 0) is 6.54 Å². The quantitative estimate of drug-likeness (QED) is 0.846. The highest BCUT2D eigenvalue weighted by Gasteiger charge is 2.08. The molecule has 4 nitrogen and oxygen atoms in total. The van der Waals surface area contributed by atoms with Crippen LogP contribution in [0.2, 0.25) is 0 Å². The molecule has 2 heterocycles. The van der Waals surface area contributed by atoms with Crippen molar-refractivity contribution in [3.63, 3.8) is 0 Å². The van der Waals surface area contributed by atoms with E-state index in [0.29, 0.717) is 12.4 Å². The molecule has 0 atom stereocenters. The highest BCUT2D eigenvalue weighted by atomic mass is 32.1. The molecule has 0 saturated heterocycles.